The molecular formula is C22H24F2N6O. The number of fused-ring (bicyclic) bond motifs is 1. The van der Waals surface area contributed by atoms with Gasteiger partial charge in [-0.1, -0.05) is 0 Å². The van der Waals surface area contributed by atoms with Gasteiger partial charge in [0.05, 0.1) is 17.8 Å². The highest BCUT2D eigenvalue weighted by Crippen LogP contribution is 2.29. The van der Waals surface area contributed by atoms with Crippen LogP contribution in [0.5, 0.6) is 0 Å². The molecule has 1 aliphatic rings. The van der Waals surface area contributed by atoms with Crippen LogP contribution in [0.3, 0.4) is 0 Å². The van der Waals surface area contributed by atoms with E-state index in [9.17, 15) is 13.6 Å². The second kappa shape index (κ2) is 8.41. The molecule has 162 valence electrons. The van der Waals surface area contributed by atoms with Crippen molar-refractivity contribution in [1.82, 2.24) is 20.3 Å². The third-order valence-electron chi connectivity index (χ3n) is 5.34. The van der Waals surface area contributed by atoms with Crippen LogP contribution in [0.2, 0.25) is 0 Å². The number of hydrogen-bond acceptors (Lipinski definition) is 6. The number of halogens is 2. The number of rotatable bonds is 5. The lowest BCUT2D eigenvalue weighted by Gasteiger charge is -2.20. The molecule has 1 aliphatic heterocycles. The summed E-state index contributed by atoms with van der Waals surface area (Å²) in [7, 11) is 0. The van der Waals surface area contributed by atoms with E-state index in [2.05, 4.69) is 30.5 Å². The molecule has 1 aromatic carbocycles. The zero-order valence-electron chi connectivity index (χ0n) is 17.6. The maximum Gasteiger partial charge on any atom is 0.217 e. The SMILES string of the molecule is CC(=O)N[C@@H]1CCN(c2cc3c(N[C@@H](C)c4cc(F)cc(F)c4)nc(C)nc3cn2)C1. The molecule has 1 saturated heterocycles. The van der Waals surface area contributed by atoms with Crippen LogP contribution in [-0.2, 0) is 4.79 Å². The second-order valence-corrected chi connectivity index (χ2v) is 7.88. The standard InChI is InChI=1S/C22H24F2N6O/c1-12(15-6-16(23)8-17(24)7-15)26-22-19-9-21(25-10-20(19)27-13(2)28-22)30-5-4-18(11-30)29-14(3)31/h6-10,12,18H,4-5,11H2,1-3H3,(H,29,31)(H,26,27,28)/t12-,18+/m0/s1. The van der Waals surface area contributed by atoms with Crippen LogP contribution in [0.15, 0.2) is 30.5 Å². The summed E-state index contributed by atoms with van der Waals surface area (Å²) in [5.74, 6) is 0.606. The van der Waals surface area contributed by atoms with Crippen LogP contribution >= 0.6 is 0 Å². The lowest BCUT2D eigenvalue weighted by atomic mass is 10.1. The van der Waals surface area contributed by atoms with Gasteiger partial charge in [-0.25, -0.2) is 23.7 Å². The van der Waals surface area contributed by atoms with Crippen molar-refractivity contribution in [2.24, 2.45) is 0 Å². The molecule has 0 spiro atoms. The molecule has 2 atom stereocenters. The number of anilines is 2. The van der Waals surface area contributed by atoms with Crippen molar-refractivity contribution in [2.75, 3.05) is 23.3 Å². The molecule has 3 aromatic rings. The van der Waals surface area contributed by atoms with E-state index in [-0.39, 0.29) is 18.0 Å². The van der Waals surface area contributed by atoms with Crippen molar-refractivity contribution >= 4 is 28.4 Å². The summed E-state index contributed by atoms with van der Waals surface area (Å²) in [5.41, 5.74) is 1.16. The number of aromatic nitrogens is 3. The quantitative estimate of drug-likeness (QED) is 0.650. The number of carbonyl (C=O) groups is 1. The molecule has 1 amide bonds. The van der Waals surface area contributed by atoms with Gasteiger partial charge in [0, 0.05) is 37.5 Å². The van der Waals surface area contributed by atoms with Gasteiger partial charge in [0.2, 0.25) is 5.91 Å². The number of pyridine rings is 1. The Bertz CT molecular complexity index is 1120. The van der Waals surface area contributed by atoms with Crippen molar-refractivity contribution < 1.29 is 13.6 Å². The number of hydrogen-bond donors (Lipinski definition) is 2. The highest BCUT2D eigenvalue weighted by atomic mass is 19.1. The number of benzene rings is 1. The molecule has 2 aromatic heterocycles. The topological polar surface area (TPSA) is 83.0 Å². The van der Waals surface area contributed by atoms with Crippen molar-refractivity contribution in [3.05, 3.63) is 53.5 Å². The number of amides is 1. The Kier molecular flexibility index (Phi) is 5.67. The van der Waals surface area contributed by atoms with E-state index in [1.807, 2.05) is 13.0 Å². The Morgan fingerprint density at radius 1 is 1.19 bits per heavy atom. The summed E-state index contributed by atoms with van der Waals surface area (Å²) >= 11 is 0. The molecule has 0 radical (unpaired) electrons. The smallest absolute Gasteiger partial charge is 0.217 e. The average molecular weight is 426 g/mol. The maximum atomic E-state index is 13.6. The molecule has 2 N–H and O–H groups in total. The van der Waals surface area contributed by atoms with E-state index in [0.29, 0.717) is 29.3 Å². The Hall–Kier alpha value is -3.36. The van der Waals surface area contributed by atoms with E-state index in [0.717, 1.165) is 30.2 Å². The molecule has 31 heavy (non-hydrogen) atoms. The number of carbonyl (C=O) groups excluding carboxylic acids is 1. The zero-order chi connectivity index (χ0) is 22.1. The fourth-order valence-corrected chi connectivity index (χ4v) is 3.91. The van der Waals surface area contributed by atoms with E-state index < -0.39 is 11.6 Å². The van der Waals surface area contributed by atoms with Crippen molar-refractivity contribution in [3.8, 4) is 0 Å². The van der Waals surface area contributed by atoms with Gasteiger partial charge in [-0.2, -0.15) is 0 Å². The molecule has 0 saturated carbocycles. The molecule has 3 heterocycles. The third-order valence-corrected chi connectivity index (χ3v) is 5.34. The molecule has 0 bridgehead atoms. The van der Waals surface area contributed by atoms with Gasteiger partial charge in [0.25, 0.3) is 0 Å². The first-order valence-corrected chi connectivity index (χ1v) is 10.2. The van der Waals surface area contributed by atoms with Crippen molar-refractivity contribution in [1.29, 1.82) is 0 Å². The first kappa shape index (κ1) is 20.9. The van der Waals surface area contributed by atoms with Gasteiger partial charge < -0.3 is 15.5 Å². The average Bonchev–Trinajstić information content (AvgIpc) is 3.14. The summed E-state index contributed by atoms with van der Waals surface area (Å²) in [6.07, 6.45) is 2.54. The largest absolute Gasteiger partial charge is 0.363 e. The van der Waals surface area contributed by atoms with Crippen LogP contribution in [0.25, 0.3) is 10.9 Å². The Balaban J connectivity index is 1.64. The van der Waals surface area contributed by atoms with Gasteiger partial charge in [-0.05, 0) is 44.0 Å². The summed E-state index contributed by atoms with van der Waals surface area (Å²) in [6.45, 7) is 6.56. The van der Waals surface area contributed by atoms with Crippen molar-refractivity contribution in [3.63, 3.8) is 0 Å². The fraction of sp³-hybridized carbons (Fsp3) is 0.364. The normalized spacial score (nSPS) is 17.1. The molecule has 0 unspecified atom stereocenters. The van der Waals surface area contributed by atoms with Crippen LogP contribution in [0.4, 0.5) is 20.4 Å². The highest BCUT2D eigenvalue weighted by Gasteiger charge is 2.24. The van der Waals surface area contributed by atoms with Gasteiger partial charge >= 0.3 is 0 Å². The van der Waals surface area contributed by atoms with Gasteiger partial charge in [0.15, 0.2) is 0 Å². The molecule has 1 fully saturated rings. The van der Waals surface area contributed by atoms with Crippen LogP contribution < -0.4 is 15.5 Å². The summed E-state index contributed by atoms with van der Waals surface area (Å²) < 4.78 is 27.3. The van der Waals surface area contributed by atoms with E-state index >= 15 is 0 Å². The van der Waals surface area contributed by atoms with Crippen LogP contribution in [0.1, 0.15) is 37.7 Å². The molecule has 4 rings (SSSR count). The number of nitrogens with one attached hydrogen (secondary N) is 2. The molecular weight excluding hydrogens is 402 g/mol. The minimum atomic E-state index is -0.623. The lowest BCUT2D eigenvalue weighted by molar-refractivity contribution is -0.119. The predicted octanol–water partition coefficient (Wildman–Crippen LogP) is 3.50. The van der Waals surface area contributed by atoms with Crippen molar-refractivity contribution in [2.45, 2.75) is 39.3 Å². The number of nitrogens with zero attached hydrogens (tertiary/aromatic N) is 4. The number of aryl methyl sites for hydroxylation is 1. The minimum Gasteiger partial charge on any atom is -0.363 e. The van der Waals surface area contributed by atoms with Gasteiger partial charge in [-0.15, -0.1) is 0 Å². The Morgan fingerprint density at radius 3 is 2.65 bits per heavy atom. The van der Waals surface area contributed by atoms with Crippen LogP contribution in [0, 0.1) is 18.6 Å². The van der Waals surface area contributed by atoms with E-state index in [1.165, 1.54) is 19.1 Å². The molecule has 0 aliphatic carbocycles. The fourth-order valence-electron chi connectivity index (χ4n) is 3.91. The van der Waals surface area contributed by atoms with Gasteiger partial charge in [0.1, 0.15) is 29.1 Å². The first-order chi connectivity index (χ1) is 14.8. The van der Waals surface area contributed by atoms with Gasteiger partial charge in [-0.3, -0.25) is 4.79 Å². The minimum absolute atomic E-state index is 0.0449. The summed E-state index contributed by atoms with van der Waals surface area (Å²) in [6, 6.07) is 5.07. The zero-order valence-corrected chi connectivity index (χ0v) is 17.6. The summed E-state index contributed by atoms with van der Waals surface area (Å²) in [4.78, 5) is 27.0. The Labute approximate surface area is 178 Å². The highest BCUT2D eigenvalue weighted by molar-refractivity contribution is 5.90. The Morgan fingerprint density at radius 2 is 1.94 bits per heavy atom. The maximum absolute atomic E-state index is 13.6. The monoisotopic (exact) mass is 426 g/mol. The lowest BCUT2D eigenvalue weighted by Crippen LogP contribution is -2.35. The van der Waals surface area contributed by atoms with E-state index in [1.54, 1.807) is 13.1 Å². The molecule has 9 heteroatoms. The second-order valence-electron chi connectivity index (χ2n) is 7.88. The first-order valence-electron chi connectivity index (χ1n) is 10.2. The molecule has 7 nitrogen and oxygen atoms in total. The predicted molar refractivity (Wildman–Crippen MR) is 115 cm³/mol. The van der Waals surface area contributed by atoms with E-state index in [4.69, 9.17) is 0 Å². The summed E-state index contributed by atoms with van der Waals surface area (Å²) in [5, 5.41) is 6.97. The third kappa shape index (κ3) is 4.70. The van der Waals surface area contributed by atoms with Crippen LogP contribution in [-0.4, -0.2) is 40.0 Å².